The van der Waals surface area contributed by atoms with E-state index in [-0.39, 0.29) is 11.7 Å². The second kappa shape index (κ2) is 15.2. The van der Waals surface area contributed by atoms with Gasteiger partial charge in [-0.1, -0.05) is 50.3 Å². The third kappa shape index (κ3) is 8.68. The summed E-state index contributed by atoms with van der Waals surface area (Å²) in [6.45, 7) is 3.88. The number of nitrogens with one attached hydrogen (secondary N) is 1. The van der Waals surface area contributed by atoms with Crippen LogP contribution in [0.4, 0.5) is 0 Å². The molecule has 10 nitrogen and oxygen atoms in total. The fourth-order valence-electron chi connectivity index (χ4n) is 4.09. The highest BCUT2D eigenvalue weighted by Crippen LogP contribution is 2.48. The zero-order chi connectivity index (χ0) is 30.7. The molecule has 0 saturated carbocycles. The van der Waals surface area contributed by atoms with Gasteiger partial charge in [-0.3, -0.25) is 4.79 Å². The topological polar surface area (TPSA) is 111 Å². The van der Waals surface area contributed by atoms with Crippen LogP contribution < -0.4 is 33.1 Å². The van der Waals surface area contributed by atoms with Crippen LogP contribution in [0.3, 0.4) is 0 Å². The molecule has 3 aromatic rings. The molecule has 0 saturated heterocycles. The summed E-state index contributed by atoms with van der Waals surface area (Å²) in [7, 11) is 3.17. The zero-order valence-corrected chi connectivity index (χ0v) is 25.8. The largest absolute Gasteiger partial charge is 0.513 e. The highest BCUT2D eigenvalue weighted by molar-refractivity contribution is 7.52. The minimum atomic E-state index is -4.21. The van der Waals surface area contributed by atoms with Crippen molar-refractivity contribution in [3.05, 3.63) is 71.8 Å². The molecule has 0 aliphatic heterocycles. The molecule has 0 amide bonds. The molecule has 11 heteroatoms. The van der Waals surface area contributed by atoms with Crippen LogP contribution in [0.2, 0.25) is 0 Å². The van der Waals surface area contributed by atoms with Gasteiger partial charge in [0.15, 0.2) is 23.0 Å². The Bertz CT molecular complexity index is 1380. The van der Waals surface area contributed by atoms with Crippen molar-refractivity contribution >= 4 is 25.9 Å². The van der Waals surface area contributed by atoms with E-state index >= 15 is 0 Å². The summed E-state index contributed by atoms with van der Waals surface area (Å²) in [6, 6.07) is 16.4. The molecule has 0 aromatic heterocycles. The van der Waals surface area contributed by atoms with Gasteiger partial charge >= 0.3 is 13.7 Å². The number of ether oxygens (including phenoxy) is 5. The summed E-state index contributed by atoms with van der Waals surface area (Å²) < 4.78 is 52.9. The quantitative estimate of drug-likeness (QED) is 0.116. The molecule has 1 N–H and O–H groups in total. The lowest BCUT2D eigenvalue weighted by Gasteiger charge is -2.26. The van der Waals surface area contributed by atoms with Gasteiger partial charge in [0.05, 0.1) is 35.5 Å². The van der Waals surface area contributed by atoms with Crippen molar-refractivity contribution in [1.82, 2.24) is 5.09 Å². The molecule has 0 aliphatic carbocycles. The maximum Gasteiger partial charge on any atom is 0.513 e. The lowest BCUT2D eigenvalue weighted by atomic mass is 10.1. The SMILES string of the molecule is COC(=O)[C@H](CC(C)C)NP(=O)(Oc1ccccc1)Oc1cc(/C=C\c2cc(OC)c(OC)c(OC)c2)ccc1OC. The van der Waals surface area contributed by atoms with Gasteiger partial charge in [-0.25, -0.2) is 4.57 Å². The Kier molecular flexibility index (Phi) is 11.7. The molecule has 0 bridgehead atoms. The normalized spacial score (nSPS) is 13.2. The third-order valence-electron chi connectivity index (χ3n) is 6.04. The molecule has 0 heterocycles. The van der Waals surface area contributed by atoms with Crippen LogP contribution in [0.25, 0.3) is 12.2 Å². The van der Waals surface area contributed by atoms with Crippen LogP contribution in [-0.4, -0.2) is 47.6 Å². The van der Waals surface area contributed by atoms with Gasteiger partial charge in [-0.05, 0) is 59.9 Å². The maximum atomic E-state index is 14.2. The van der Waals surface area contributed by atoms with Crippen LogP contribution in [0.5, 0.6) is 34.5 Å². The fraction of sp³-hybridized carbons (Fsp3) is 0.323. The van der Waals surface area contributed by atoms with E-state index in [1.54, 1.807) is 63.8 Å². The molecular weight excluding hydrogens is 561 g/mol. The van der Waals surface area contributed by atoms with Crippen molar-refractivity contribution in [3.8, 4) is 34.5 Å². The molecule has 0 aliphatic rings. The van der Waals surface area contributed by atoms with Crippen molar-refractivity contribution in [3.63, 3.8) is 0 Å². The molecular formula is C31H38NO9P. The van der Waals surface area contributed by atoms with Crippen LogP contribution in [0, 0.1) is 5.92 Å². The van der Waals surface area contributed by atoms with Gasteiger partial charge in [0.25, 0.3) is 0 Å². The predicted molar refractivity (Wildman–Crippen MR) is 162 cm³/mol. The Hall–Kier alpha value is -4.14. The second-order valence-electron chi connectivity index (χ2n) is 9.53. The molecule has 226 valence electrons. The molecule has 1 unspecified atom stereocenters. The Morgan fingerprint density at radius 1 is 0.762 bits per heavy atom. The molecule has 0 fully saturated rings. The number of carbonyl (C=O) groups excluding carboxylic acids is 1. The predicted octanol–water partition coefficient (Wildman–Crippen LogP) is 6.63. The monoisotopic (exact) mass is 599 g/mol. The van der Waals surface area contributed by atoms with E-state index in [9.17, 15) is 9.36 Å². The highest BCUT2D eigenvalue weighted by atomic mass is 31.2. The van der Waals surface area contributed by atoms with E-state index in [1.165, 1.54) is 14.2 Å². The summed E-state index contributed by atoms with van der Waals surface area (Å²) in [5.41, 5.74) is 1.50. The van der Waals surface area contributed by atoms with Gasteiger partial charge in [0.1, 0.15) is 11.8 Å². The number of carbonyl (C=O) groups is 1. The number of hydrogen-bond acceptors (Lipinski definition) is 9. The summed E-state index contributed by atoms with van der Waals surface area (Å²) in [4.78, 5) is 12.6. The van der Waals surface area contributed by atoms with Gasteiger partial charge in [0.2, 0.25) is 5.75 Å². The summed E-state index contributed by atoms with van der Waals surface area (Å²) in [5, 5.41) is 2.80. The van der Waals surface area contributed by atoms with E-state index in [2.05, 4.69) is 5.09 Å². The molecule has 0 spiro atoms. The summed E-state index contributed by atoms with van der Waals surface area (Å²) >= 11 is 0. The third-order valence-corrected chi connectivity index (χ3v) is 7.55. The number of benzene rings is 3. The standard InChI is InChI=1S/C31H38NO9P/c1-21(2)17-25(31(33)39-7)32-42(34,40-24-11-9-8-10-12-24)41-27-18-22(15-16-26(27)35-3)13-14-23-19-28(36-4)30(38-6)29(20-23)37-5/h8-16,18-21,25H,17H2,1-7H3,(H,32,34)/b14-13-/t25-,42?/m0/s1. The van der Waals surface area contributed by atoms with E-state index in [0.717, 1.165) is 5.56 Å². The van der Waals surface area contributed by atoms with Crippen molar-refractivity contribution in [2.75, 3.05) is 35.5 Å². The van der Waals surface area contributed by atoms with Crippen LogP contribution >= 0.6 is 7.75 Å². The van der Waals surface area contributed by atoms with Crippen molar-refractivity contribution in [1.29, 1.82) is 0 Å². The maximum absolute atomic E-state index is 14.2. The Balaban J connectivity index is 1.99. The van der Waals surface area contributed by atoms with Gasteiger partial charge < -0.3 is 32.7 Å². The van der Waals surface area contributed by atoms with E-state index in [0.29, 0.717) is 40.7 Å². The van der Waals surface area contributed by atoms with Crippen LogP contribution in [0.15, 0.2) is 60.7 Å². The Labute approximate surface area is 247 Å². The van der Waals surface area contributed by atoms with Gasteiger partial charge in [0, 0.05) is 0 Å². The van der Waals surface area contributed by atoms with Crippen molar-refractivity contribution in [2.24, 2.45) is 5.92 Å². The first-order valence-electron chi connectivity index (χ1n) is 13.2. The summed E-state index contributed by atoms with van der Waals surface area (Å²) in [6.07, 6.45) is 4.02. The molecule has 42 heavy (non-hydrogen) atoms. The highest BCUT2D eigenvalue weighted by Gasteiger charge is 2.36. The zero-order valence-electron chi connectivity index (χ0n) is 24.9. The first-order chi connectivity index (χ1) is 20.1. The van der Waals surface area contributed by atoms with Crippen molar-refractivity contribution in [2.45, 2.75) is 26.3 Å². The Morgan fingerprint density at radius 2 is 1.36 bits per heavy atom. The summed E-state index contributed by atoms with van der Waals surface area (Å²) in [5.74, 6) is 1.77. The van der Waals surface area contributed by atoms with Gasteiger partial charge in [-0.15, -0.1) is 0 Å². The lowest BCUT2D eigenvalue weighted by molar-refractivity contribution is -0.143. The number of hydrogen-bond donors (Lipinski definition) is 1. The first-order valence-corrected chi connectivity index (χ1v) is 14.8. The second-order valence-corrected chi connectivity index (χ2v) is 11.1. The smallest absolute Gasteiger partial charge is 0.493 e. The van der Waals surface area contributed by atoms with E-state index < -0.39 is 19.8 Å². The minimum absolute atomic E-state index is 0.0879. The number of para-hydroxylation sites is 1. The average molecular weight is 600 g/mol. The molecule has 2 atom stereocenters. The fourth-order valence-corrected chi connectivity index (χ4v) is 5.62. The first kappa shape index (κ1) is 32.4. The number of methoxy groups -OCH3 is 5. The minimum Gasteiger partial charge on any atom is -0.493 e. The lowest BCUT2D eigenvalue weighted by Crippen LogP contribution is -2.38. The number of rotatable bonds is 15. The average Bonchev–Trinajstić information content (AvgIpc) is 2.98. The van der Waals surface area contributed by atoms with Crippen LogP contribution in [-0.2, 0) is 14.1 Å². The van der Waals surface area contributed by atoms with Crippen LogP contribution in [0.1, 0.15) is 31.4 Å². The molecule has 0 radical (unpaired) electrons. The van der Waals surface area contributed by atoms with Gasteiger partial charge in [-0.2, -0.15) is 5.09 Å². The van der Waals surface area contributed by atoms with E-state index in [4.69, 9.17) is 32.7 Å². The van der Waals surface area contributed by atoms with Crippen molar-refractivity contribution < 1.29 is 42.1 Å². The molecule has 3 aromatic carbocycles. The number of esters is 1. The molecule has 3 rings (SSSR count). The Morgan fingerprint density at radius 3 is 1.90 bits per heavy atom. The van der Waals surface area contributed by atoms with E-state index in [1.807, 2.05) is 44.2 Å².